The van der Waals surface area contributed by atoms with Gasteiger partial charge in [0, 0.05) is 10.8 Å². The number of fused-ring (bicyclic) bond motifs is 2. The molecule has 7 nitrogen and oxygen atoms in total. The second-order valence-electron chi connectivity index (χ2n) is 8.46. The summed E-state index contributed by atoms with van der Waals surface area (Å²) in [7, 11) is 0. The molecule has 3 heterocycles. The van der Waals surface area contributed by atoms with Crippen LogP contribution in [0.5, 0.6) is 0 Å². The van der Waals surface area contributed by atoms with E-state index in [1.165, 1.54) is 9.47 Å². The molecule has 1 fully saturated rings. The van der Waals surface area contributed by atoms with Gasteiger partial charge in [-0.05, 0) is 37.6 Å². The van der Waals surface area contributed by atoms with Crippen molar-refractivity contribution in [2.45, 2.75) is 36.6 Å². The van der Waals surface area contributed by atoms with E-state index in [0.29, 0.717) is 26.2 Å². The van der Waals surface area contributed by atoms with Crippen molar-refractivity contribution >= 4 is 69.8 Å². The molecular formula is C25H20Cl2N2O5S2. The molecule has 5 rings (SSSR count). The zero-order chi connectivity index (χ0) is 25.7. The number of aryl methyl sites for hydroxylation is 1. The van der Waals surface area contributed by atoms with E-state index in [0.717, 1.165) is 28.7 Å². The van der Waals surface area contributed by atoms with Gasteiger partial charge in [0.1, 0.15) is 11.8 Å². The molecule has 0 radical (unpaired) electrons. The van der Waals surface area contributed by atoms with Gasteiger partial charge >= 0.3 is 10.8 Å². The highest BCUT2D eigenvalue weighted by molar-refractivity contribution is 8.00. The third-order valence-corrected chi connectivity index (χ3v) is 9.69. The van der Waals surface area contributed by atoms with Crippen molar-refractivity contribution in [3.05, 3.63) is 78.2 Å². The van der Waals surface area contributed by atoms with E-state index in [9.17, 15) is 19.2 Å². The lowest BCUT2D eigenvalue weighted by molar-refractivity contribution is -0.144. The lowest BCUT2D eigenvalue weighted by Crippen LogP contribution is -2.33. The minimum atomic E-state index is -0.811. The second kappa shape index (κ2) is 9.70. The number of thiazole rings is 1. The molecule has 0 bridgehead atoms. The number of esters is 1. The summed E-state index contributed by atoms with van der Waals surface area (Å²) in [4.78, 5) is 54.2. The van der Waals surface area contributed by atoms with E-state index < -0.39 is 23.1 Å². The number of anilines is 1. The van der Waals surface area contributed by atoms with Gasteiger partial charge in [-0.3, -0.25) is 23.7 Å². The van der Waals surface area contributed by atoms with Crippen LogP contribution in [0.15, 0.2) is 52.3 Å². The number of imide groups is 1. The summed E-state index contributed by atoms with van der Waals surface area (Å²) in [6, 6.07) is 12.3. The molecule has 36 heavy (non-hydrogen) atoms. The van der Waals surface area contributed by atoms with Crippen LogP contribution in [0.1, 0.15) is 28.8 Å². The van der Waals surface area contributed by atoms with Gasteiger partial charge in [-0.15, -0.1) is 0 Å². The van der Waals surface area contributed by atoms with E-state index in [1.807, 2.05) is 19.1 Å². The van der Waals surface area contributed by atoms with Crippen molar-refractivity contribution < 1.29 is 19.1 Å². The molecule has 0 saturated carbocycles. The van der Waals surface area contributed by atoms with E-state index in [2.05, 4.69) is 0 Å². The Labute approximate surface area is 225 Å². The number of nitrogens with zero attached hydrogens (tertiary/aromatic N) is 2. The van der Waals surface area contributed by atoms with Crippen molar-refractivity contribution in [1.82, 2.24) is 4.57 Å². The number of rotatable bonds is 5. The van der Waals surface area contributed by atoms with Crippen LogP contribution in [0.3, 0.4) is 0 Å². The van der Waals surface area contributed by atoms with Crippen molar-refractivity contribution in [1.29, 1.82) is 0 Å². The molecule has 0 N–H and O–H groups in total. The first-order chi connectivity index (χ1) is 17.2. The highest BCUT2D eigenvalue weighted by atomic mass is 35.5. The first-order valence-electron chi connectivity index (χ1n) is 11.2. The Bertz CT molecular complexity index is 1450. The number of thioether (sulfide) groups is 1. The average molecular weight is 563 g/mol. The standard InChI is InChI=1S/C25H20Cl2N2O5S2/c1-3-34-16(30)11-28-24-21(36-25(28)33)17(14-5-4-6-15(26)19(14)27)18-20(35-24)23(32)29(22(18)31)13-9-7-12(2)8-10-13/h4-10,17-18,20H,3,11H2,1-2H3/t17-,18-,20+/m0/s1. The van der Waals surface area contributed by atoms with Crippen LogP contribution in [0.2, 0.25) is 10.0 Å². The van der Waals surface area contributed by atoms with Gasteiger partial charge in [0.2, 0.25) is 11.8 Å². The first kappa shape index (κ1) is 25.1. The van der Waals surface area contributed by atoms with Crippen LogP contribution in [0.25, 0.3) is 0 Å². The lowest BCUT2D eigenvalue weighted by atomic mass is 9.83. The van der Waals surface area contributed by atoms with E-state index in [1.54, 1.807) is 37.3 Å². The molecule has 2 amide bonds. The summed E-state index contributed by atoms with van der Waals surface area (Å²) in [5, 5.41) is 0.213. The number of hydrogen-bond donors (Lipinski definition) is 0. The molecule has 0 aliphatic carbocycles. The summed E-state index contributed by atoms with van der Waals surface area (Å²) in [5.74, 6) is -2.80. The quantitative estimate of drug-likeness (QED) is 0.325. The number of ether oxygens (including phenoxy) is 1. The summed E-state index contributed by atoms with van der Waals surface area (Å²) in [5.41, 5.74) is 2.03. The maximum atomic E-state index is 13.8. The van der Waals surface area contributed by atoms with Crippen molar-refractivity contribution in [3.8, 4) is 0 Å². The topological polar surface area (TPSA) is 85.7 Å². The molecule has 3 atom stereocenters. The molecule has 11 heteroatoms. The van der Waals surface area contributed by atoms with Gasteiger partial charge < -0.3 is 4.74 Å². The number of benzene rings is 2. The number of halogens is 2. The zero-order valence-corrected chi connectivity index (χ0v) is 22.3. The normalized spacial score (nSPS) is 20.9. The Balaban J connectivity index is 1.68. The van der Waals surface area contributed by atoms with E-state index in [4.69, 9.17) is 27.9 Å². The fourth-order valence-corrected chi connectivity index (χ4v) is 7.82. The summed E-state index contributed by atoms with van der Waals surface area (Å²) < 4.78 is 6.36. The molecule has 1 aromatic heterocycles. The summed E-state index contributed by atoms with van der Waals surface area (Å²) >= 11 is 15.0. The largest absolute Gasteiger partial charge is 0.465 e. The van der Waals surface area contributed by atoms with Gasteiger partial charge in [0.15, 0.2) is 0 Å². The molecule has 2 aromatic carbocycles. The van der Waals surface area contributed by atoms with Crippen LogP contribution >= 0.6 is 46.3 Å². The molecular weight excluding hydrogens is 543 g/mol. The number of hydrogen-bond acceptors (Lipinski definition) is 7. The van der Waals surface area contributed by atoms with Gasteiger partial charge in [-0.2, -0.15) is 0 Å². The fourth-order valence-electron chi connectivity index (χ4n) is 4.64. The minimum absolute atomic E-state index is 0.178. The Morgan fingerprint density at radius 2 is 1.78 bits per heavy atom. The highest BCUT2D eigenvalue weighted by Crippen LogP contribution is 2.55. The van der Waals surface area contributed by atoms with Crippen molar-refractivity contribution in [2.24, 2.45) is 5.92 Å². The highest BCUT2D eigenvalue weighted by Gasteiger charge is 2.57. The third-order valence-electron chi connectivity index (χ3n) is 6.25. The summed E-state index contributed by atoms with van der Waals surface area (Å²) in [6.07, 6.45) is 0. The SMILES string of the molecule is CCOC(=O)Cn1c2c(sc1=O)[C@@H](c1cccc(Cl)c1Cl)[C@@H]1C(=O)N(c3ccc(C)cc3)C(=O)[C@@H]1S2. The van der Waals surface area contributed by atoms with Crippen molar-refractivity contribution in [2.75, 3.05) is 11.5 Å². The summed E-state index contributed by atoms with van der Waals surface area (Å²) in [6.45, 7) is 3.49. The second-order valence-corrected chi connectivity index (χ2v) is 11.4. The zero-order valence-electron chi connectivity index (χ0n) is 19.2. The third kappa shape index (κ3) is 4.08. The van der Waals surface area contributed by atoms with Crippen LogP contribution in [-0.4, -0.2) is 34.2 Å². The fraction of sp³-hybridized carbons (Fsp3) is 0.280. The Hall–Kier alpha value is -2.59. The Kier molecular flexibility index (Phi) is 6.76. The maximum Gasteiger partial charge on any atom is 0.326 e. The van der Waals surface area contributed by atoms with Crippen LogP contribution in [0, 0.1) is 12.8 Å². The smallest absolute Gasteiger partial charge is 0.326 e. The number of carbonyl (C=O) groups is 3. The van der Waals surface area contributed by atoms with Gasteiger partial charge in [0.05, 0.1) is 33.3 Å². The number of amides is 2. The van der Waals surface area contributed by atoms with Gasteiger partial charge in [0.25, 0.3) is 0 Å². The maximum absolute atomic E-state index is 13.8. The molecule has 0 unspecified atom stereocenters. The van der Waals surface area contributed by atoms with Crippen molar-refractivity contribution in [3.63, 3.8) is 0 Å². The van der Waals surface area contributed by atoms with Crippen LogP contribution in [0.4, 0.5) is 5.69 Å². The van der Waals surface area contributed by atoms with Gasteiger partial charge in [-0.25, -0.2) is 4.90 Å². The van der Waals surface area contributed by atoms with Crippen LogP contribution < -0.4 is 9.77 Å². The minimum Gasteiger partial charge on any atom is -0.465 e. The molecule has 1 saturated heterocycles. The Morgan fingerprint density at radius 1 is 1.06 bits per heavy atom. The first-order valence-corrected chi connectivity index (χ1v) is 13.6. The molecule has 2 aliphatic rings. The average Bonchev–Trinajstić information content (AvgIpc) is 3.28. The molecule has 186 valence electrons. The van der Waals surface area contributed by atoms with E-state index in [-0.39, 0.29) is 34.9 Å². The Morgan fingerprint density at radius 3 is 2.47 bits per heavy atom. The molecule has 0 spiro atoms. The molecule has 2 aliphatic heterocycles. The van der Waals surface area contributed by atoms with Gasteiger partial charge in [-0.1, -0.05) is 76.1 Å². The number of aromatic nitrogens is 1. The van der Waals surface area contributed by atoms with Crippen LogP contribution in [-0.2, 0) is 25.7 Å². The molecule has 3 aromatic rings. The van der Waals surface area contributed by atoms with E-state index >= 15 is 0 Å². The predicted octanol–water partition coefficient (Wildman–Crippen LogP) is 4.88. The monoisotopic (exact) mass is 562 g/mol. The predicted molar refractivity (Wildman–Crippen MR) is 140 cm³/mol. The lowest BCUT2D eigenvalue weighted by Gasteiger charge is -2.31. The number of carbonyl (C=O) groups excluding carboxylic acids is 3.